The normalized spacial score (nSPS) is 10.2. The van der Waals surface area contributed by atoms with Crippen LogP contribution in [0.1, 0.15) is 12.0 Å². The number of rotatable bonds is 8. The predicted octanol–water partition coefficient (Wildman–Crippen LogP) is 3.77. The number of carbonyl (C=O) groups is 1. The highest BCUT2D eigenvalue weighted by Gasteiger charge is 2.11. The standard InChI is InChI=1S/C19H24N2O3/c1-21(13-8-14-23-2)19(22)20-17-11-6-7-12-18(17)24-15-16-9-4-3-5-10-16/h3-7,9-12H,8,13-15H2,1-2H3,(H,20,22). The van der Waals surface area contributed by atoms with Crippen molar-refractivity contribution in [2.24, 2.45) is 0 Å². The monoisotopic (exact) mass is 328 g/mol. The number of urea groups is 1. The predicted molar refractivity (Wildman–Crippen MR) is 95.4 cm³/mol. The van der Waals surface area contributed by atoms with Crippen LogP contribution >= 0.6 is 0 Å². The van der Waals surface area contributed by atoms with Crippen LogP contribution in [0.15, 0.2) is 54.6 Å². The Morgan fingerprint density at radius 3 is 2.54 bits per heavy atom. The maximum absolute atomic E-state index is 12.3. The van der Waals surface area contributed by atoms with Gasteiger partial charge in [0.2, 0.25) is 0 Å². The zero-order valence-corrected chi connectivity index (χ0v) is 14.2. The maximum atomic E-state index is 12.3. The van der Waals surface area contributed by atoms with E-state index in [0.29, 0.717) is 31.2 Å². The van der Waals surface area contributed by atoms with Crippen molar-refractivity contribution in [1.29, 1.82) is 0 Å². The van der Waals surface area contributed by atoms with Gasteiger partial charge in [0.05, 0.1) is 5.69 Å². The van der Waals surface area contributed by atoms with E-state index in [4.69, 9.17) is 9.47 Å². The molecule has 2 rings (SSSR count). The molecule has 1 N–H and O–H groups in total. The number of hydrogen-bond donors (Lipinski definition) is 1. The van der Waals surface area contributed by atoms with Crippen LogP contribution in [0.2, 0.25) is 0 Å². The number of carbonyl (C=O) groups excluding carboxylic acids is 1. The van der Waals surface area contributed by atoms with Gasteiger partial charge in [-0.05, 0) is 24.1 Å². The molecule has 2 aromatic rings. The second-order valence-electron chi connectivity index (χ2n) is 5.47. The second kappa shape index (κ2) is 9.57. The molecule has 0 unspecified atom stereocenters. The fourth-order valence-corrected chi connectivity index (χ4v) is 2.19. The molecule has 0 bridgehead atoms. The topological polar surface area (TPSA) is 50.8 Å². The molecule has 5 heteroatoms. The summed E-state index contributed by atoms with van der Waals surface area (Å²) >= 11 is 0. The van der Waals surface area contributed by atoms with Gasteiger partial charge in [-0.15, -0.1) is 0 Å². The first-order valence-electron chi connectivity index (χ1n) is 7.97. The Hall–Kier alpha value is -2.53. The third-order valence-corrected chi connectivity index (χ3v) is 3.55. The summed E-state index contributed by atoms with van der Waals surface area (Å²) in [6, 6.07) is 17.2. The molecule has 0 fully saturated rings. The van der Waals surface area contributed by atoms with Crippen molar-refractivity contribution in [2.75, 3.05) is 32.6 Å². The van der Waals surface area contributed by atoms with Crippen LogP contribution in [-0.2, 0) is 11.3 Å². The number of methoxy groups -OCH3 is 1. The van der Waals surface area contributed by atoms with E-state index in [9.17, 15) is 4.79 Å². The van der Waals surface area contributed by atoms with E-state index in [1.54, 1.807) is 19.1 Å². The van der Waals surface area contributed by atoms with Crippen molar-refractivity contribution in [3.05, 3.63) is 60.2 Å². The Bertz CT molecular complexity index is 632. The summed E-state index contributed by atoms with van der Waals surface area (Å²) in [7, 11) is 3.42. The van der Waals surface area contributed by atoms with Crippen LogP contribution in [0.4, 0.5) is 10.5 Å². The minimum absolute atomic E-state index is 0.165. The summed E-state index contributed by atoms with van der Waals surface area (Å²) < 4.78 is 10.9. The van der Waals surface area contributed by atoms with Crippen molar-refractivity contribution < 1.29 is 14.3 Å². The first-order chi connectivity index (χ1) is 11.7. The SMILES string of the molecule is COCCCN(C)C(=O)Nc1ccccc1OCc1ccccc1. The summed E-state index contributed by atoms with van der Waals surface area (Å²) in [6.45, 7) is 1.72. The van der Waals surface area contributed by atoms with E-state index in [0.717, 1.165) is 12.0 Å². The van der Waals surface area contributed by atoms with Gasteiger partial charge in [-0.3, -0.25) is 0 Å². The van der Waals surface area contributed by atoms with Gasteiger partial charge in [-0.2, -0.15) is 0 Å². The molecular weight excluding hydrogens is 304 g/mol. The lowest BCUT2D eigenvalue weighted by Gasteiger charge is -2.19. The van der Waals surface area contributed by atoms with Gasteiger partial charge in [0.25, 0.3) is 0 Å². The third-order valence-electron chi connectivity index (χ3n) is 3.55. The number of ether oxygens (including phenoxy) is 2. The Balaban J connectivity index is 1.94. The number of benzene rings is 2. The highest BCUT2D eigenvalue weighted by molar-refractivity contribution is 5.90. The van der Waals surface area contributed by atoms with E-state index in [-0.39, 0.29) is 6.03 Å². The largest absolute Gasteiger partial charge is 0.487 e. The average Bonchev–Trinajstić information content (AvgIpc) is 2.62. The molecule has 2 amide bonds. The lowest BCUT2D eigenvalue weighted by molar-refractivity contribution is 0.179. The van der Waals surface area contributed by atoms with Gasteiger partial charge in [0, 0.05) is 27.3 Å². The summed E-state index contributed by atoms with van der Waals surface area (Å²) in [5.74, 6) is 0.653. The third kappa shape index (κ3) is 5.59. The molecule has 128 valence electrons. The first kappa shape index (κ1) is 17.8. The molecule has 0 saturated heterocycles. The Labute approximate surface area is 143 Å². The van der Waals surface area contributed by atoms with Crippen LogP contribution in [0.5, 0.6) is 5.75 Å². The van der Waals surface area contributed by atoms with Crippen LogP contribution < -0.4 is 10.1 Å². The van der Waals surface area contributed by atoms with Gasteiger partial charge in [0.15, 0.2) is 0 Å². The molecule has 2 aromatic carbocycles. The van der Waals surface area contributed by atoms with Crippen molar-refractivity contribution in [3.63, 3.8) is 0 Å². The highest BCUT2D eigenvalue weighted by Crippen LogP contribution is 2.25. The van der Waals surface area contributed by atoms with Gasteiger partial charge in [-0.1, -0.05) is 42.5 Å². The lowest BCUT2D eigenvalue weighted by Crippen LogP contribution is -2.32. The number of nitrogens with zero attached hydrogens (tertiary/aromatic N) is 1. The van der Waals surface area contributed by atoms with Crippen molar-refractivity contribution in [2.45, 2.75) is 13.0 Å². The fourth-order valence-electron chi connectivity index (χ4n) is 2.19. The number of amides is 2. The number of para-hydroxylation sites is 2. The molecule has 0 radical (unpaired) electrons. The molecule has 0 saturated carbocycles. The Morgan fingerprint density at radius 2 is 1.79 bits per heavy atom. The van der Waals surface area contributed by atoms with Gasteiger partial charge >= 0.3 is 6.03 Å². The molecule has 24 heavy (non-hydrogen) atoms. The van der Waals surface area contributed by atoms with E-state index in [1.807, 2.05) is 54.6 Å². The van der Waals surface area contributed by atoms with Gasteiger partial charge < -0.3 is 19.7 Å². The quantitative estimate of drug-likeness (QED) is 0.751. The average molecular weight is 328 g/mol. The van der Waals surface area contributed by atoms with Crippen molar-refractivity contribution >= 4 is 11.7 Å². The van der Waals surface area contributed by atoms with Crippen LogP contribution in [0.3, 0.4) is 0 Å². The number of anilines is 1. The molecule has 0 heterocycles. The molecule has 0 atom stereocenters. The molecule has 0 aliphatic heterocycles. The first-order valence-corrected chi connectivity index (χ1v) is 7.97. The molecule has 0 aromatic heterocycles. The molecule has 0 aliphatic carbocycles. The van der Waals surface area contributed by atoms with Crippen LogP contribution in [0, 0.1) is 0 Å². The lowest BCUT2D eigenvalue weighted by atomic mass is 10.2. The smallest absolute Gasteiger partial charge is 0.321 e. The molecule has 5 nitrogen and oxygen atoms in total. The van der Waals surface area contributed by atoms with E-state index in [1.165, 1.54) is 0 Å². The molecular formula is C19H24N2O3. The Kier molecular flexibility index (Phi) is 7.11. The fraction of sp³-hybridized carbons (Fsp3) is 0.316. The summed E-state index contributed by atoms with van der Waals surface area (Å²) in [5, 5.41) is 2.89. The summed E-state index contributed by atoms with van der Waals surface area (Å²) in [4.78, 5) is 13.9. The van der Waals surface area contributed by atoms with E-state index >= 15 is 0 Å². The van der Waals surface area contributed by atoms with Crippen molar-refractivity contribution in [3.8, 4) is 5.75 Å². The number of hydrogen-bond acceptors (Lipinski definition) is 3. The molecule has 0 spiro atoms. The van der Waals surface area contributed by atoms with Gasteiger partial charge in [0.1, 0.15) is 12.4 Å². The number of nitrogens with one attached hydrogen (secondary N) is 1. The van der Waals surface area contributed by atoms with Crippen LogP contribution in [-0.4, -0.2) is 38.2 Å². The maximum Gasteiger partial charge on any atom is 0.321 e. The molecule has 0 aliphatic rings. The minimum Gasteiger partial charge on any atom is -0.487 e. The van der Waals surface area contributed by atoms with Crippen molar-refractivity contribution in [1.82, 2.24) is 4.90 Å². The van der Waals surface area contributed by atoms with Crippen LogP contribution in [0.25, 0.3) is 0 Å². The van der Waals surface area contributed by atoms with E-state index in [2.05, 4.69) is 5.32 Å². The highest BCUT2D eigenvalue weighted by atomic mass is 16.5. The second-order valence-corrected chi connectivity index (χ2v) is 5.47. The zero-order valence-electron chi connectivity index (χ0n) is 14.2. The van der Waals surface area contributed by atoms with Gasteiger partial charge in [-0.25, -0.2) is 4.79 Å². The summed E-state index contributed by atoms with van der Waals surface area (Å²) in [6.07, 6.45) is 0.798. The Morgan fingerprint density at radius 1 is 1.08 bits per heavy atom. The van der Waals surface area contributed by atoms with E-state index < -0.39 is 0 Å². The zero-order chi connectivity index (χ0) is 17.2. The summed E-state index contributed by atoms with van der Waals surface area (Å²) in [5.41, 5.74) is 1.74. The minimum atomic E-state index is -0.165.